The van der Waals surface area contributed by atoms with Crippen LogP contribution in [0.1, 0.15) is 43.5 Å². The van der Waals surface area contributed by atoms with E-state index in [1.807, 2.05) is 11.0 Å². The van der Waals surface area contributed by atoms with Crippen LogP contribution in [-0.2, 0) is 16.8 Å². The minimum atomic E-state index is -0.136. The number of amides is 2. The Morgan fingerprint density at radius 2 is 1.79 bits per heavy atom. The Morgan fingerprint density at radius 1 is 1.06 bits per heavy atom. The summed E-state index contributed by atoms with van der Waals surface area (Å²) in [7, 11) is 4.38. The lowest BCUT2D eigenvalue weighted by molar-refractivity contribution is 0.0195. The summed E-state index contributed by atoms with van der Waals surface area (Å²) >= 11 is 0. The van der Waals surface area contributed by atoms with Gasteiger partial charge >= 0.3 is 6.03 Å². The van der Waals surface area contributed by atoms with E-state index in [4.69, 9.17) is 4.74 Å². The van der Waals surface area contributed by atoms with E-state index in [0.717, 1.165) is 58.4 Å². The molecule has 1 aromatic carbocycles. The van der Waals surface area contributed by atoms with Gasteiger partial charge in [-0.1, -0.05) is 30.3 Å². The first-order chi connectivity index (χ1) is 16.0. The van der Waals surface area contributed by atoms with Gasteiger partial charge in [0.25, 0.3) is 0 Å². The summed E-state index contributed by atoms with van der Waals surface area (Å²) in [4.78, 5) is 29.0. The maximum atomic E-state index is 13.7. The Balaban J connectivity index is 1.41. The zero-order valence-corrected chi connectivity index (χ0v) is 19.8. The van der Waals surface area contributed by atoms with Gasteiger partial charge in [0.2, 0.25) is 0 Å². The average molecular weight is 450 g/mol. The second kappa shape index (κ2) is 9.03. The Kier molecular flexibility index (Phi) is 6.10. The smallest absolute Gasteiger partial charge is 0.321 e. The summed E-state index contributed by atoms with van der Waals surface area (Å²) in [5, 5.41) is 0. The number of carbonyl (C=O) groups is 1. The summed E-state index contributed by atoms with van der Waals surface area (Å²) in [5.41, 5.74) is 1.25. The lowest BCUT2D eigenvalue weighted by Gasteiger charge is -2.51. The third-order valence-corrected chi connectivity index (χ3v) is 8.15. The van der Waals surface area contributed by atoms with E-state index in [9.17, 15) is 4.79 Å². The fraction of sp³-hybridized carbons (Fsp3) is 0.577. The molecule has 1 aliphatic carbocycles. The topological polar surface area (TPSA) is 61.8 Å². The maximum absolute atomic E-state index is 13.7. The van der Waals surface area contributed by atoms with Gasteiger partial charge in [0.1, 0.15) is 5.82 Å². The molecular weight excluding hydrogens is 414 g/mol. The fourth-order valence-electron chi connectivity index (χ4n) is 6.14. The average Bonchev–Trinajstić information content (AvgIpc) is 3.44. The molecule has 2 saturated heterocycles. The fourth-order valence-corrected chi connectivity index (χ4v) is 6.14. The third kappa shape index (κ3) is 4.13. The van der Waals surface area contributed by atoms with Gasteiger partial charge in [0, 0.05) is 43.5 Å². The minimum Gasteiger partial charge on any atom is -0.381 e. The molecule has 3 aliphatic rings. The highest BCUT2D eigenvalue weighted by Crippen LogP contribution is 2.49. The molecule has 0 bridgehead atoms. The van der Waals surface area contributed by atoms with Crippen LogP contribution in [0.15, 0.2) is 48.8 Å². The SMILES string of the molecule is CN(C)[C@]1(c2ccccc2)CC[C@]2(CC1)CN(Cc1ncccn1)C(=O)N2CC1CCOC1. The number of nitrogens with zero attached hydrogens (tertiary/aromatic N) is 5. The zero-order chi connectivity index (χ0) is 22.9. The molecule has 176 valence electrons. The van der Waals surface area contributed by atoms with Crippen molar-refractivity contribution in [2.24, 2.45) is 5.92 Å². The highest BCUT2D eigenvalue weighted by Gasteiger charge is 2.54. The molecular formula is C26H35N5O2. The number of hydrogen-bond donors (Lipinski definition) is 0. The summed E-state index contributed by atoms with van der Waals surface area (Å²) in [5.74, 6) is 1.13. The van der Waals surface area contributed by atoms with Crippen molar-refractivity contribution in [1.82, 2.24) is 24.7 Å². The largest absolute Gasteiger partial charge is 0.381 e. The number of carbonyl (C=O) groups excluding carboxylic acids is 1. The summed E-state index contributed by atoms with van der Waals surface area (Å²) in [6.07, 6.45) is 8.58. The summed E-state index contributed by atoms with van der Waals surface area (Å²) in [6.45, 7) is 3.56. The molecule has 1 saturated carbocycles. The molecule has 7 nitrogen and oxygen atoms in total. The number of benzene rings is 1. The van der Waals surface area contributed by atoms with Crippen LogP contribution in [0.25, 0.3) is 0 Å². The number of urea groups is 1. The van der Waals surface area contributed by atoms with Gasteiger partial charge in [0.05, 0.1) is 18.7 Å². The lowest BCUT2D eigenvalue weighted by atomic mass is 9.68. The van der Waals surface area contributed by atoms with Gasteiger partial charge in [-0.2, -0.15) is 0 Å². The van der Waals surface area contributed by atoms with E-state index < -0.39 is 0 Å². The molecule has 2 amide bonds. The van der Waals surface area contributed by atoms with Crippen molar-refractivity contribution in [3.05, 3.63) is 60.2 Å². The van der Waals surface area contributed by atoms with Crippen LogP contribution in [-0.4, -0.2) is 76.6 Å². The number of rotatable bonds is 6. The molecule has 2 aromatic rings. The molecule has 5 rings (SSSR count). The third-order valence-electron chi connectivity index (χ3n) is 8.15. The van der Waals surface area contributed by atoms with Gasteiger partial charge in [-0.3, -0.25) is 4.90 Å². The lowest BCUT2D eigenvalue weighted by Crippen LogP contribution is -2.56. The Hall–Kier alpha value is -2.51. The molecule has 3 fully saturated rings. The summed E-state index contributed by atoms with van der Waals surface area (Å²) < 4.78 is 5.65. The van der Waals surface area contributed by atoms with Crippen LogP contribution in [0.3, 0.4) is 0 Å². The molecule has 0 N–H and O–H groups in total. The highest BCUT2D eigenvalue weighted by molar-refractivity contribution is 5.78. The Labute approximate surface area is 196 Å². The van der Waals surface area contributed by atoms with Gasteiger partial charge in [-0.15, -0.1) is 0 Å². The molecule has 1 spiro atoms. The van der Waals surface area contributed by atoms with Crippen molar-refractivity contribution in [1.29, 1.82) is 0 Å². The quantitative estimate of drug-likeness (QED) is 0.675. The predicted molar refractivity (Wildman–Crippen MR) is 126 cm³/mol. The number of hydrogen-bond acceptors (Lipinski definition) is 5. The predicted octanol–water partition coefficient (Wildman–Crippen LogP) is 3.52. The van der Waals surface area contributed by atoms with Crippen LogP contribution in [0.2, 0.25) is 0 Å². The van der Waals surface area contributed by atoms with Gasteiger partial charge < -0.3 is 14.5 Å². The van der Waals surface area contributed by atoms with Crippen LogP contribution in [0.5, 0.6) is 0 Å². The number of ether oxygens (including phenoxy) is 1. The van der Waals surface area contributed by atoms with Gasteiger partial charge in [-0.25, -0.2) is 14.8 Å². The first-order valence-corrected chi connectivity index (χ1v) is 12.2. The van der Waals surface area contributed by atoms with Crippen LogP contribution in [0.4, 0.5) is 4.79 Å². The van der Waals surface area contributed by atoms with E-state index >= 15 is 0 Å². The molecule has 1 aromatic heterocycles. The standard InChI is InChI=1S/C26H35N5O2/c1-29(2)26(22-7-4-3-5-8-22)12-10-25(11-13-26)20-30(18-23-27-14-6-15-28-23)24(32)31(25)17-21-9-16-33-19-21/h3-8,14-15,21H,9-13,16-20H2,1-2H3/t21?,25-,26+. The van der Waals surface area contributed by atoms with Crippen LogP contribution >= 0.6 is 0 Å². The Morgan fingerprint density at radius 3 is 2.42 bits per heavy atom. The van der Waals surface area contributed by atoms with Gasteiger partial charge in [-0.05, 0) is 57.8 Å². The highest BCUT2D eigenvalue weighted by atomic mass is 16.5. The first kappa shape index (κ1) is 22.3. The molecule has 1 atom stereocenters. The molecule has 7 heteroatoms. The summed E-state index contributed by atoms with van der Waals surface area (Å²) in [6, 6.07) is 12.8. The van der Waals surface area contributed by atoms with E-state index in [2.05, 4.69) is 64.2 Å². The maximum Gasteiger partial charge on any atom is 0.321 e. The van der Waals surface area contributed by atoms with E-state index in [1.165, 1.54) is 5.56 Å². The van der Waals surface area contributed by atoms with Crippen molar-refractivity contribution in [3.8, 4) is 0 Å². The van der Waals surface area contributed by atoms with E-state index in [0.29, 0.717) is 18.3 Å². The molecule has 1 unspecified atom stereocenters. The monoisotopic (exact) mass is 449 g/mol. The molecule has 3 heterocycles. The molecule has 2 aliphatic heterocycles. The Bertz CT molecular complexity index is 938. The van der Waals surface area contributed by atoms with Crippen molar-refractivity contribution < 1.29 is 9.53 Å². The van der Waals surface area contributed by atoms with Crippen molar-refractivity contribution in [3.63, 3.8) is 0 Å². The van der Waals surface area contributed by atoms with Crippen molar-refractivity contribution in [2.45, 2.75) is 49.7 Å². The van der Waals surface area contributed by atoms with E-state index in [1.54, 1.807) is 12.4 Å². The van der Waals surface area contributed by atoms with Crippen LogP contribution < -0.4 is 0 Å². The number of aromatic nitrogens is 2. The van der Waals surface area contributed by atoms with E-state index in [-0.39, 0.29) is 17.1 Å². The van der Waals surface area contributed by atoms with Crippen molar-refractivity contribution in [2.75, 3.05) is 40.4 Å². The van der Waals surface area contributed by atoms with Gasteiger partial charge in [0.15, 0.2) is 0 Å². The normalized spacial score (nSPS) is 30.0. The van der Waals surface area contributed by atoms with Crippen LogP contribution in [0, 0.1) is 5.92 Å². The second-order valence-electron chi connectivity index (χ2n) is 10.2. The first-order valence-electron chi connectivity index (χ1n) is 12.2. The van der Waals surface area contributed by atoms with Crippen molar-refractivity contribution >= 4 is 6.03 Å². The zero-order valence-electron chi connectivity index (χ0n) is 19.8. The molecule has 33 heavy (non-hydrogen) atoms. The minimum absolute atomic E-state index is 0.00760. The second-order valence-corrected chi connectivity index (χ2v) is 10.2. The molecule has 0 radical (unpaired) electrons.